The molecule has 0 amide bonds. The Morgan fingerprint density at radius 3 is 2.66 bits per heavy atom. The Morgan fingerprint density at radius 1 is 1.31 bits per heavy atom. The first kappa shape index (κ1) is 21.1. The predicted molar refractivity (Wildman–Crippen MR) is 115 cm³/mol. The number of aromatic nitrogens is 1. The van der Waals surface area contributed by atoms with Gasteiger partial charge in [-0.15, -0.1) is 11.3 Å². The third kappa shape index (κ3) is 4.09. The molecule has 6 heteroatoms. The van der Waals surface area contributed by atoms with Crippen molar-refractivity contribution >= 4 is 33.3 Å². The van der Waals surface area contributed by atoms with E-state index >= 15 is 0 Å². The Kier molecular flexibility index (Phi) is 5.61. The Morgan fingerprint density at radius 2 is 2.00 bits per heavy atom. The van der Waals surface area contributed by atoms with Gasteiger partial charge in [0.15, 0.2) is 5.78 Å². The molecule has 0 unspecified atom stereocenters. The second-order valence-corrected chi connectivity index (χ2v) is 9.28. The number of thiazole rings is 1. The van der Waals surface area contributed by atoms with Gasteiger partial charge in [-0.05, 0) is 43.2 Å². The zero-order valence-corrected chi connectivity index (χ0v) is 17.8. The van der Waals surface area contributed by atoms with Crippen LogP contribution in [-0.2, 0) is 16.0 Å². The summed E-state index contributed by atoms with van der Waals surface area (Å²) in [5, 5.41) is 21.3. The molecule has 1 aliphatic rings. The van der Waals surface area contributed by atoms with Crippen molar-refractivity contribution in [1.82, 2.24) is 4.98 Å². The Hall–Kier alpha value is -2.57. The smallest absolute Gasteiger partial charge is 0.328 e. The first-order valence-electron chi connectivity index (χ1n) is 9.44. The molecule has 1 atom stereocenters. The fourth-order valence-corrected chi connectivity index (χ4v) is 4.79. The number of allylic oxidation sites excluding steroid dienone is 3. The number of benzene rings is 1. The first-order valence-corrected chi connectivity index (χ1v) is 10.3. The van der Waals surface area contributed by atoms with E-state index in [1.165, 1.54) is 0 Å². The monoisotopic (exact) mass is 411 g/mol. The van der Waals surface area contributed by atoms with E-state index in [0.717, 1.165) is 21.3 Å². The molecule has 0 bridgehead atoms. The molecule has 0 saturated carbocycles. The molecule has 5 nitrogen and oxygen atoms in total. The molecule has 0 spiro atoms. The maximum absolute atomic E-state index is 12.9. The normalized spacial score (nSPS) is 22.7. The highest BCUT2D eigenvalue weighted by Crippen LogP contribution is 2.47. The van der Waals surface area contributed by atoms with Gasteiger partial charge in [0.25, 0.3) is 0 Å². The molecule has 152 valence electrons. The van der Waals surface area contributed by atoms with E-state index in [1.807, 2.05) is 38.1 Å². The van der Waals surface area contributed by atoms with Gasteiger partial charge in [0.1, 0.15) is 5.60 Å². The SMILES string of the molecule is CC(C=C[C@@]1(O)C(C)=C(Cc2nc3ccccc3s2)C(=O)CC1(C)C)=CC(=O)O. The summed E-state index contributed by atoms with van der Waals surface area (Å²) in [6, 6.07) is 7.83. The summed E-state index contributed by atoms with van der Waals surface area (Å²) in [6.07, 6.45) is 4.88. The van der Waals surface area contributed by atoms with Gasteiger partial charge in [-0.25, -0.2) is 9.78 Å². The number of carboxylic acid groups (broad SMARTS) is 1. The van der Waals surface area contributed by atoms with Gasteiger partial charge in [-0.2, -0.15) is 0 Å². The molecule has 0 saturated heterocycles. The first-order chi connectivity index (χ1) is 13.5. The number of rotatable bonds is 5. The van der Waals surface area contributed by atoms with E-state index in [0.29, 0.717) is 23.1 Å². The summed E-state index contributed by atoms with van der Waals surface area (Å²) in [7, 11) is 0. The van der Waals surface area contributed by atoms with Gasteiger partial charge in [0, 0.05) is 29.9 Å². The molecule has 2 aromatic rings. The van der Waals surface area contributed by atoms with Crippen molar-refractivity contribution in [3.8, 4) is 0 Å². The van der Waals surface area contributed by atoms with Crippen molar-refractivity contribution in [3.63, 3.8) is 0 Å². The van der Waals surface area contributed by atoms with Crippen molar-refractivity contribution in [1.29, 1.82) is 0 Å². The summed E-state index contributed by atoms with van der Waals surface area (Å²) >= 11 is 1.55. The molecular formula is C23H25NO4S. The fraction of sp³-hybridized carbons (Fsp3) is 0.348. The number of para-hydroxylation sites is 1. The quantitative estimate of drug-likeness (QED) is 0.560. The molecule has 1 heterocycles. The summed E-state index contributed by atoms with van der Waals surface area (Å²) in [5.74, 6) is -1.02. The Balaban J connectivity index is 2.02. The second kappa shape index (κ2) is 7.69. The highest BCUT2D eigenvalue weighted by molar-refractivity contribution is 7.18. The number of hydrogen-bond acceptors (Lipinski definition) is 5. The zero-order chi connectivity index (χ0) is 21.4. The number of aliphatic carboxylic acids is 1. The number of aliphatic hydroxyl groups is 1. The van der Waals surface area contributed by atoms with Crippen molar-refractivity contribution in [3.05, 3.63) is 64.2 Å². The summed E-state index contributed by atoms with van der Waals surface area (Å²) < 4.78 is 1.06. The molecule has 1 aliphatic carbocycles. The van der Waals surface area contributed by atoms with Crippen LogP contribution in [0.15, 0.2) is 59.2 Å². The van der Waals surface area contributed by atoms with Crippen LogP contribution in [0.1, 0.15) is 39.1 Å². The van der Waals surface area contributed by atoms with Crippen LogP contribution in [0.3, 0.4) is 0 Å². The van der Waals surface area contributed by atoms with Crippen LogP contribution >= 0.6 is 11.3 Å². The largest absolute Gasteiger partial charge is 0.478 e. The topological polar surface area (TPSA) is 87.5 Å². The standard InChI is InChI=1S/C23H25NO4S/c1-14(11-21(26)27)9-10-23(28)15(2)16(18(25)13-22(23,3)4)12-20-24-17-7-5-6-8-19(17)29-20/h5-11,28H,12-13H2,1-4H3,(H,26,27)/t23-/m1/s1. The van der Waals surface area contributed by atoms with Crippen LogP contribution < -0.4 is 0 Å². The van der Waals surface area contributed by atoms with Crippen LogP contribution in [0.25, 0.3) is 10.2 Å². The van der Waals surface area contributed by atoms with Gasteiger partial charge in [-0.1, -0.05) is 32.1 Å². The van der Waals surface area contributed by atoms with Crippen LogP contribution in [0.5, 0.6) is 0 Å². The molecule has 0 fully saturated rings. The minimum atomic E-state index is -1.36. The number of Topliss-reactive ketones (excluding diaryl/α,β-unsaturated/α-hetero) is 1. The lowest BCUT2D eigenvalue weighted by molar-refractivity contribution is -0.131. The lowest BCUT2D eigenvalue weighted by Gasteiger charge is -2.45. The van der Waals surface area contributed by atoms with Crippen molar-refractivity contribution in [2.24, 2.45) is 5.41 Å². The number of fused-ring (bicyclic) bond motifs is 1. The zero-order valence-electron chi connectivity index (χ0n) is 17.0. The highest BCUT2D eigenvalue weighted by Gasteiger charge is 2.49. The second-order valence-electron chi connectivity index (χ2n) is 8.17. The average Bonchev–Trinajstić information content (AvgIpc) is 3.04. The minimum Gasteiger partial charge on any atom is -0.478 e. The molecule has 2 N–H and O–H groups in total. The lowest BCUT2D eigenvalue weighted by atomic mass is 9.62. The highest BCUT2D eigenvalue weighted by atomic mass is 32.1. The van der Waals surface area contributed by atoms with E-state index in [4.69, 9.17) is 5.11 Å². The number of hydrogen-bond donors (Lipinski definition) is 2. The predicted octanol–water partition coefficient (Wildman–Crippen LogP) is 4.47. The van der Waals surface area contributed by atoms with Crippen LogP contribution in [0.4, 0.5) is 0 Å². The fourth-order valence-electron chi connectivity index (χ4n) is 3.81. The van der Waals surface area contributed by atoms with Gasteiger partial charge >= 0.3 is 5.97 Å². The van der Waals surface area contributed by atoms with E-state index in [1.54, 1.807) is 37.3 Å². The maximum Gasteiger partial charge on any atom is 0.328 e. The third-order valence-corrected chi connectivity index (χ3v) is 6.64. The van der Waals surface area contributed by atoms with Gasteiger partial charge in [-0.3, -0.25) is 4.79 Å². The molecule has 1 aromatic heterocycles. The Bertz CT molecular complexity index is 1040. The number of ketones is 1. The lowest BCUT2D eigenvalue weighted by Crippen LogP contribution is -2.49. The van der Waals surface area contributed by atoms with Crippen LogP contribution in [0, 0.1) is 5.41 Å². The summed E-state index contributed by atoms with van der Waals surface area (Å²) in [5.41, 5.74) is 0.511. The Labute approximate surface area is 174 Å². The number of carbonyl (C=O) groups is 2. The summed E-state index contributed by atoms with van der Waals surface area (Å²) in [4.78, 5) is 28.4. The number of nitrogens with zero attached hydrogens (tertiary/aromatic N) is 1. The van der Waals surface area contributed by atoms with E-state index in [-0.39, 0.29) is 12.2 Å². The maximum atomic E-state index is 12.9. The van der Waals surface area contributed by atoms with Crippen LogP contribution in [-0.4, -0.2) is 32.6 Å². The number of carbonyl (C=O) groups excluding carboxylic acids is 1. The molecule has 0 aliphatic heterocycles. The van der Waals surface area contributed by atoms with Crippen molar-refractivity contribution in [2.75, 3.05) is 0 Å². The van der Waals surface area contributed by atoms with Gasteiger partial charge in [0.2, 0.25) is 0 Å². The van der Waals surface area contributed by atoms with Crippen LogP contribution in [0.2, 0.25) is 0 Å². The van der Waals surface area contributed by atoms with Crippen molar-refractivity contribution < 1.29 is 19.8 Å². The van der Waals surface area contributed by atoms with Gasteiger partial charge in [0.05, 0.1) is 15.2 Å². The molecule has 1 aromatic carbocycles. The van der Waals surface area contributed by atoms with Gasteiger partial charge < -0.3 is 10.2 Å². The van der Waals surface area contributed by atoms with E-state index in [9.17, 15) is 14.7 Å². The summed E-state index contributed by atoms with van der Waals surface area (Å²) in [6.45, 7) is 7.14. The minimum absolute atomic E-state index is 0.0163. The van der Waals surface area contributed by atoms with E-state index in [2.05, 4.69) is 4.98 Å². The third-order valence-electron chi connectivity index (χ3n) is 5.60. The van der Waals surface area contributed by atoms with Crippen molar-refractivity contribution in [2.45, 2.75) is 46.1 Å². The molecular weight excluding hydrogens is 386 g/mol. The van der Waals surface area contributed by atoms with E-state index < -0.39 is 17.0 Å². The molecule has 0 radical (unpaired) electrons. The molecule has 29 heavy (non-hydrogen) atoms. The molecule has 3 rings (SSSR count). The number of carboxylic acids is 1. The average molecular weight is 412 g/mol.